The van der Waals surface area contributed by atoms with Crippen LogP contribution in [-0.2, 0) is 11.3 Å². The topological polar surface area (TPSA) is 49.6 Å². The predicted octanol–water partition coefficient (Wildman–Crippen LogP) is 2.82. The van der Waals surface area contributed by atoms with Crippen LogP contribution in [0.5, 0.6) is 0 Å². The number of nitrogens with two attached hydrogens (primary N) is 1. The summed E-state index contributed by atoms with van der Waals surface area (Å²) >= 11 is 6.11. The Hall–Kier alpha value is -1.95. The number of carbonyl (C=O) groups excluding carboxylic acids is 1. The molecule has 1 aliphatic rings. The maximum atomic E-state index is 14.0. The van der Waals surface area contributed by atoms with Crippen LogP contribution >= 0.6 is 11.6 Å². The van der Waals surface area contributed by atoms with Crippen LogP contribution in [0.15, 0.2) is 48.5 Å². The van der Waals surface area contributed by atoms with Gasteiger partial charge in [-0.2, -0.15) is 0 Å². The van der Waals surface area contributed by atoms with Crippen molar-refractivity contribution >= 4 is 17.5 Å². The van der Waals surface area contributed by atoms with E-state index in [0.29, 0.717) is 30.2 Å². The molecule has 6 heteroatoms. The molecule has 2 aromatic rings. The van der Waals surface area contributed by atoms with Gasteiger partial charge in [0.1, 0.15) is 11.9 Å². The fourth-order valence-corrected chi connectivity index (χ4v) is 3.50. The number of hydrogen-bond donors (Lipinski definition) is 1. The van der Waals surface area contributed by atoms with E-state index in [-0.39, 0.29) is 11.7 Å². The summed E-state index contributed by atoms with van der Waals surface area (Å²) in [5, 5.41) is 0.446. The zero-order chi connectivity index (χ0) is 17.8. The number of amides is 1. The lowest BCUT2D eigenvalue weighted by Gasteiger charge is -2.38. The number of piperazine rings is 1. The minimum Gasteiger partial charge on any atom is -0.368 e. The second-order valence-electron chi connectivity index (χ2n) is 6.23. The number of hydrogen-bond acceptors (Lipinski definition) is 3. The summed E-state index contributed by atoms with van der Waals surface area (Å²) in [7, 11) is 0. The van der Waals surface area contributed by atoms with E-state index in [2.05, 4.69) is 9.80 Å². The van der Waals surface area contributed by atoms with Gasteiger partial charge in [0.05, 0.1) is 0 Å². The van der Waals surface area contributed by atoms with Gasteiger partial charge in [-0.1, -0.05) is 48.0 Å². The Kier molecular flexibility index (Phi) is 5.68. The fraction of sp³-hybridized carbons (Fsp3) is 0.316. The van der Waals surface area contributed by atoms with Crippen molar-refractivity contribution in [2.45, 2.75) is 12.6 Å². The Morgan fingerprint density at radius 1 is 1.08 bits per heavy atom. The van der Waals surface area contributed by atoms with E-state index in [4.69, 9.17) is 17.3 Å². The molecule has 0 radical (unpaired) electrons. The molecule has 1 heterocycles. The molecule has 4 nitrogen and oxygen atoms in total. The molecule has 1 saturated heterocycles. The maximum absolute atomic E-state index is 14.0. The van der Waals surface area contributed by atoms with Crippen molar-refractivity contribution in [1.82, 2.24) is 9.80 Å². The second kappa shape index (κ2) is 7.95. The van der Waals surface area contributed by atoms with Crippen molar-refractivity contribution in [2.75, 3.05) is 26.2 Å². The smallest absolute Gasteiger partial charge is 0.239 e. The van der Waals surface area contributed by atoms with E-state index >= 15 is 0 Å². The summed E-state index contributed by atoms with van der Waals surface area (Å²) in [4.78, 5) is 16.2. The van der Waals surface area contributed by atoms with Gasteiger partial charge in [-0.05, 0) is 17.7 Å². The van der Waals surface area contributed by atoms with Gasteiger partial charge in [0.2, 0.25) is 5.91 Å². The molecule has 2 N–H and O–H groups in total. The van der Waals surface area contributed by atoms with Crippen LogP contribution in [0, 0.1) is 5.82 Å². The first-order valence-corrected chi connectivity index (χ1v) is 8.67. The Morgan fingerprint density at radius 2 is 1.76 bits per heavy atom. The lowest BCUT2D eigenvalue weighted by Crippen LogP contribution is -2.50. The van der Waals surface area contributed by atoms with Crippen LogP contribution in [0.4, 0.5) is 4.39 Å². The summed E-state index contributed by atoms with van der Waals surface area (Å²) in [6, 6.07) is 13.9. The van der Waals surface area contributed by atoms with Gasteiger partial charge in [0, 0.05) is 43.3 Å². The predicted molar refractivity (Wildman–Crippen MR) is 96.6 cm³/mol. The van der Waals surface area contributed by atoms with Crippen molar-refractivity contribution in [2.24, 2.45) is 5.73 Å². The Morgan fingerprint density at radius 3 is 2.36 bits per heavy atom. The van der Waals surface area contributed by atoms with E-state index in [1.807, 2.05) is 30.3 Å². The zero-order valence-electron chi connectivity index (χ0n) is 13.9. The van der Waals surface area contributed by atoms with Gasteiger partial charge < -0.3 is 5.73 Å². The Bertz CT molecular complexity index is 712. The number of primary amides is 1. The Balaban J connectivity index is 1.66. The Labute approximate surface area is 152 Å². The standard InChI is InChI=1S/C19H21ClFN3O/c20-16-7-4-8-17(21)15(16)13-23-9-11-24(12-10-23)18(19(22)25)14-5-2-1-3-6-14/h1-8,18H,9-13H2,(H2,22,25)/t18-/m1/s1. The highest BCUT2D eigenvalue weighted by molar-refractivity contribution is 6.31. The molecule has 3 rings (SSSR count). The van der Waals surface area contributed by atoms with E-state index in [9.17, 15) is 9.18 Å². The molecular formula is C19H21ClFN3O. The number of halogens is 2. The zero-order valence-corrected chi connectivity index (χ0v) is 14.6. The molecule has 25 heavy (non-hydrogen) atoms. The summed E-state index contributed by atoms with van der Waals surface area (Å²) in [6.07, 6.45) is 0. The van der Waals surface area contributed by atoms with Gasteiger partial charge in [0.15, 0.2) is 0 Å². The van der Waals surface area contributed by atoms with Crippen molar-refractivity contribution in [3.05, 3.63) is 70.5 Å². The quantitative estimate of drug-likeness (QED) is 0.891. The lowest BCUT2D eigenvalue weighted by molar-refractivity contribution is -0.124. The third-order valence-electron chi connectivity index (χ3n) is 4.60. The third kappa shape index (κ3) is 4.18. The number of benzene rings is 2. The van der Waals surface area contributed by atoms with E-state index in [0.717, 1.165) is 18.7 Å². The summed E-state index contributed by atoms with van der Waals surface area (Å²) in [5.41, 5.74) is 7.06. The average molecular weight is 362 g/mol. The van der Waals surface area contributed by atoms with Crippen LogP contribution in [0.1, 0.15) is 17.2 Å². The van der Waals surface area contributed by atoms with Crippen LogP contribution in [0.25, 0.3) is 0 Å². The van der Waals surface area contributed by atoms with Gasteiger partial charge >= 0.3 is 0 Å². The molecule has 1 atom stereocenters. The van der Waals surface area contributed by atoms with E-state index in [1.165, 1.54) is 6.07 Å². The van der Waals surface area contributed by atoms with Gasteiger partial charge in [-0.3, -0.25) is 14.6 Å². The molecule has 0 aromatic heterocycles. The van der Waals surface area contributed by atoms with Crippen LogP contribution in [0.2, 0.25) is 5.02 Å². The largest absolute Gasteiger partial charge is 0.368 e. The van der Waals surface area contributed by atoms with E-state index in [1.54, 1.807) is 12.1 Å². The maximum Gasteiger partial charge on any atom is 0.239 e. The summed E-state index contributed by atoms with van der Waals surface area (Å²) < 4.78 is 14.0. The molecular weight excluding hydrogens is 341 g/mol. The molecule has 0 saturated carbocycles. The lowest BCUT2D eigenvalue weighted by atomic mass is 10.0. The minimum atomic E-state index is -0.430. The molecule has 0 aliphatic carbocycles. The van der Waals surface area contributed by atoms with Crippen molar-refractivity contribution in [3.63, 3.8) is 0 Å². The van der Waals surface area contributed by atoms with Gasteiger partial charge in [-0.15, -0.1) is 0 Å². The monoisotopic (exact) mass is 361 g/mol. The third-order valence-corrected chi connectivity index (χ3v) is 4.95. The summed E-state index contributed by atoms with van der Waals surface area (Å²) in [5.74, 6) is -0.633. The molecule has 0 spiro atoms. The minimum absolute atomic E-state index is 0.283. The summed E-state index contributed by atoms with van der Waals surface area (Å²) in [6.45, 7) is 3.29. The first-order chi connectivity index (χ1) is 12.1. The SMILES string of the molecule is NC(=O)[C@@H](c1ccccc1)N1CCN(Cc2c(F)cccc2Cl)CC1. The van der Waals surface area contributed by atoms with Crippen LogP contribution in [0.3, 0.4) is 0 Å². The molecule has 2 aromatic carbocycles. The molecule has 0 bridgehead atoms. The van der Waals surface area contributed by atoms with E-state index < -0.39 is 6.04 Å². The fourth-order valence-electron chi connectivity index (χ4n) is 3.28. The second-order valence-corrected chi connectivity index (χ2v) is 6.64. The highest BCUT2D eigenvalue weighted by Gasteiger charge is 2.29. The van der Waals surface area contributed by atoms with Crippen molar-refractivity contribution in [1.29, 1.82) is 0 Å². The molecule has 132 valence electrons. The normalized spacial score (nSPS) is 17.4. The van der Waals surface area contributed by atoms with Gasteiger partial charge in [-0.25, -0.2) is 4.39 Å². The first-order valence-electron chi connectivity index (χ1n) is 8.30. The van der Waals surface area contributed by atoms with Crippen molar-refractivity contribution in [3.8, 4) is 0 Å². The van der Waals surface area contributed by atoms with Gasteiger partial charge in [0.25, 0.3) is 0 Å². The van der Waals surface area contributed by atoms with Crippen LogP contribution in [-0.4, -0.2) is 41.9 Å². The highest BCUT2D eigenvalue weighted by atomic mass is 35.5. The molecule has 1 amide bonds. The molecule has 0 unspecified atom stereocenters. The number of rotatable bonds is 5. The molecule has 1 fully saturated rings. The first kappa shape index (κ1) is 17.9. The van der Waals surface area contributed by atoms with Crippen LogP contribution < -0.4 is 5.73 Å². The average Bonchev–Trinajstić information content (AvgIpc) is 2.60. The number of nitrogens with zero attached hydrogens (tertiary/aromatic N) is 2. The number of carbonyl (C=O) groups is 1. The van der Waals surface area contributed by atoms with Crippen molar-refractivity contribution < 1.29 is 9.18 Å². The highest BCUT2D eigenvalue weighted by Crippen LogP contribution is 2.24. The molecule has 1 aliphatic heterocycles.